The molecular formula is C23H16FNO. The van der Waals surface area contributed by atoms with Gasteiger partial charge in [0.2, 0.25) is 0 Å². The molecule has 2 nitrogen and oxygen atoms in total. The van der Waals surface area contributed by atoms with Gasteiger partial charge in [-0.25, -0.2) is 4.39 Å². The molecule has 0 amide bonds. The number of nitrogens with two attached hydrogens (primary N) is 1. The molecule has 0 saturated heterocycles. The highest BCUT2D eigenvalue weighted by atomic mass is 19.1. The van der Waals surface area contributed by atoms with Gasteiger partial charge in [-0.1, -0.05) is 48.5 Å². The number of methoxy groups -OCH3 is 1. The first kappa shape index (κ1) is 15.0. The first-order valence-electron chi connectivity index (χ1n) is 8.48. The van der Waals surface area contributed by atoms with Gasteiger partial charge in [-0.15, -0.1) is 0 Å². The van der Waals surface area contributed by atoms with Gasteiger partial charge in [0, 0.05) is 27.6 Å². The minimum Gasteiger partial charge on any atom is -0.496 e. The molecule has 2 N–H and O–H groups in total. The molecule has 0 unspecified atom stereocenters. The molecule has 3 heteroatoms. The Kier molecular flexibility index (Phi) is 3.07. The van der Waals surface area contributed by atoms with E-state index < -0.39 is 0 Å². The fourth-order valence-corrected chi connectivity index (χ4v) is 3.99. The monoisotopic (exact) mass is 341 g/mol. The van der Waals surface area contributed by atoms with Crippen molar-refractivity contribution in [2.45, 2.75) is 0 Å². The lowest BCUT2D eigenvalue weighted by atomic mass is 9.88. The van der Waals surface area contributed by atoms with E-state index in [1.54, 1.807) is 13.2 Å². The van der Waals surface area contributed by atoms with E-state index in [2.05, 4.69) is 6.07 Å². The summed E-state index contributed by atoms with van der Waals surface area (Å²) >= 11 is 0. The van der Waals surface area contributed by atoms with Crippen molar-refractivity contribution in [2.24, 2.45) is 0 Å². The maximum absolute atomic E-state index is 15.0. The Morgan fingerprint density at radius 1 is 0.808 bits per heavy atom. The summed E-state index contributed by atoms with van der Waals surface area (Å²) in [5.41, 5.74) is 8.55. The summed E-state index contributed by atoms with van der Waals surface area (Å²) in [5, 5.41) is 5.49. The van der Waals surface area contributed by atoms with Crippen LogP contribution in [-0.4, -0.2) is 7.11 Å². The minimum absolute atomic E-state index is 0.236. The van der Waals surface area contributed by atoms with Crippen LogP contribution in [0.15, 0.2) is 66.7 Å². The summed E-state index contributed by atoms with van der Waals surface area (Å²) in [6.45, 7) is 0. The van der Waals surface area contributed by atoms with E-state index in [0.717, 1.165) is 38.1 Å². The first-order chi connectivity index (χ1) is 12.7. The van der Waals surface area contributed by atoms with E-state index in [-0.39, 0.29) is 5.82 Å². The second-order valence-electron chi connectivity index (χ2n) is 6.51. The minimum atomic E-state index is -0.236. The van der Waals surface area contributed by atoms with Crippen LogP contribution < -0.4 is 10.5 Å². The highest BCUT2D eigenvalue weighted by Gasteiger charge is 2.19. The van der Waals surface area contributed by atoms with Crippen LogP contribution in [0, 0.1) is 5.82 Å². The van der Waals surface area contributed by atoms with E-state index in [1.165, 1.54) is 0 Å². The lowest BCUT2D eigenvalue weighted by molar-refractivity contribution is 0.417. The molecule has 0 saturated carbocycles. The first-order valence-corrected chi connectivity index (χ1v) is 8.48. The van der Waals surface area contributed by atoms with Crippen molar-refractivity contribution in [1.82, 2.24) is 0 Å². The standard InChI is InChI=1S/C23H16FNO/c1-26-20-11-14-10-9-13-5-4-7-15-18(24)12-17(22(14)21(13)15)23(20)16-6-2-3-8-19(16)25/h2-12H,25H2,1H3. The Labute approximate surface area is 149 Å². The largest absolute Gasteiger partial charge is 0.496 e. The van der Waals surface area contributed by atoms with Crippen molar-refractivity contribution in [2.75, 3.05) is 12.8 Å². The van der Waals surface area contributed by atoms with Gasteiger partial charge < -0.3 is 10.5 Å². The number of hydrogen-bond acceptors (Lipinski definition) is 2. The number of hydrogen-bond donors (Lipinski definition) is 1. The molecule has 0 bridgehead atoms. The Morgan fingerprint density at radius 2 is 1.58 bits per heavy atom. The molecule has 0 fully saturated rings. The summed E-state index contributed by atoms with van der Waals surface area (Å²) in [4.78, 5) is 0. The van der Waals surface area contributed by atoms with Crippen LogP contribution in [0.2, 0.25) is 0 Å². The van der Waals surface area contributed by atoms with Crippen LogP contribution in [0.5, 0.6) is 5.75 Å². The molecule has 26 heavy (non-hydrogen) atoms. The fraction of sp³-hybridized carbons (Fsp3) is 0.0435. The van der Waals surface area contributed by atoms with E-state index in [1.807, 2.05) is 54.6 Å². The van der Waals surface area contributed by atoms with Crippen molar-refractivity contribution in [1.29, 1.82) is 0 Å². The number of anilines is 1. The van der Waals surface area contributed by atoms with Gasteiger partial charge in [-0.2, -0.15) is 0 Å². The molecule has 0 spiro atoms. The summed E-state index contributed by atoms with van der Waals surface area (Å²) in [5.74, 6) is 0.452. The number of halogens is 1. The van der Waals surface area contributed by atoms with Gasteiger partial charge in [0.25, 0.3) is 0 Å². The zero-order chi connectivity index (χ0) is 17.8. The molecule has 0 aliphatic carbocycles. The predicted molar refractivity (Wildman–Crippen MR) is 107 cm³/mol. The van der Waals surface area contributed by atoms with Crippen LogP contribution in [0.1, 0.15) is 0 Å². The van der Waals surface area contributed by atoms with E-state index >= 15 is 0 Å². The van der Waals surface area contributed by atoms with Crippen LogP contribution in [0.3, 0.4) is 0 Å². The lowest BCUT2D eigenvalue weighted by Crippen LogP contribution is -1.96. The van der Waals surface area contributed by atoms with E-state index in [9.17, 15) is 4.39 Å². The van der Waals surface area contributed by atoms with E-state index in [4.69, 9.17) is 10.5 Å². The molecule has 0 radical (unpaired) electrons. The number of para-hydroxylation sites is 1. The Balaban J connectivity index is 2.08. The predicted octanol–water partition coefficient (Wildman–Crippen LogP) is 5.98. The van der Waals surface area contributed by atoms with Crippen molar-refractivity contribution in [3.8, 4) is 16.9 Å². The summed E-state index contributed by atoms with van der Waals surface area (Å²) in [7, 11) is 1.63. The normalized spacial score (nSPS) is 11.6. The maximum Gasteiger partial charge on any atom is 0.131 e. The third-order valence-electron chi connectivity index (χ3n) is 5.13. The van der Waals surface area contributed by atoms with Gasteiger partial charge >= 0.3 is 0 Å². The van der Waals surface area contributed by atoms with Crippen LogP contribution in [-0.2, 0) is 0 Å². The molecule has 0 aliphatic rings. The number of ether oxygens (including phenoxy) is 1. The Bertz CT molecular complexity index is 1290. The summed E-state index contributed by atoms with van der Waals surface area (Å²) < 4.78 is 20.7. The smallest absolute Gasteiger partial charge is 0.131 e. The third-order valence-corrected chi connectivity index (χ3v) is 5.13. The Hall–Kier alpha value is -3.33. The van der Waals surface area contributed by atoms with Crippen molar-refractivity contribution < 1.29 is 9.13 Å². The zero-order valence-electron chi connectivity index (χ0n) is 14.2. The lowest BCUT2D eigenvalue weighted by Gasteiger charge is -2.18. The van der Waals surface area contributed by atoms with Crippen LogP contribution in [0.25, 0.3) is 43.4 Å². The molecule has 0 aliphatic heterocycles. The van der Waals surface area contributed by atoms with Crippen LogP contribution in [0.4, 0.5) is 10.1 Å². The van der Waals surface area contributed by atoms with Crippen molar-refractivity contribution >= 4 is 38.0 Å². The molecule has 0 heterocycles. The topological polar surface area (TPSA) is 35.2 Å². The molecule has 5 aromatic carbocycles. The van der Waals surface area contributed by atoms with Gasteiger partial charge in [0.1, 0.15) is 11.6 Å². The molecule has 5 rings (SSSR count). The van der Waals surface area contributed by atoms with Gasteiger partial charge in [-0.3, -0.25) is 0 Å². The third kappa shape index (κ3) is 1.91. The Morgan fingerprint density at radius 3 is 2.38 bits per heavy atom. The van der Waals surface area contributed by atoms with Gasteiger partial charge in [0.05, 0.1) is 7.11 Å². The van der Waals surface area contributed by atoms with Crippen molar-refractivity contribution in [3.63, 3.8) is 0 Å². The number of benzene rings is 5. The summed E-state index contributed by atoms with van der Waals surface area (Å²) in [6, 6.07) is 21.1. The highest BCUT2D eigenvalue weighted by Crippen LogP contribution is 2.46. The number of rotatable bonds is 2. The fourth-order valence-electron chi connectivity index (χ4n) is 3.99. The maximum atomic E-state index is 15.0. The van der Waals surface area contributed by atoms with Gasteiger partial charge in [0.15, 0.2) is 0 Å². The highest BCUT2D eigenvalue weighted by molar-refractivity contribution is 6.26. The number of nitrogen functional groups attached to an aromatic ring is 1. The SMILES string of the molecule is COc1cc2ccc3cccc4c(F)cc(c1-c1ccccc1N)c2c34. The molecule has 0 atom stereocenters. The molecule has 126 valence electrons. The average molecular weight is 341 g/mol. The van der Waals surface area contributed by atoms with Gasteiger partial charge in [-0.05, 0) is 39.7 Å². The zero-order valence-corrected chi connectivity index (χ0v) is 14.2. The molecular weight excluding hydrogens is 325 g/mol. The second-order valence-corrected chi connectivity index (χ2v) is 6.51. The van der Waals surface area contributed by atoms with Crippen molar-refractivity contribution in [3.05, 3.63) is 72.5 Å². The average Bonchev–Trinajstić information content (AvgIpc) is 2.67. The molecule has 0 aromatic heterocycles. The summed E-state index contributed by atoms with van der Waals surface area (Å²) in [6.07, 6.45) is 0. The van der Waals surface area contributed by atoms with Crippen LogP contribution >= 0.6 is 0 Å². The molecule has 5 aromatic rings. The van der Waals surface area contributed by atoms with E-state index in [0.29, 0.717) is 16.8 Å². The second kappa shape index (κ2) is 5.33. The quantitative estimate of drug-likeness (QED) is 0.316.